The molecular formula is C10H15FN2O4. The maximum absolute atomic E-state index is 13.6. The molecule has 2 amide bonds. The van der Waals surface area contributed by atoms with Gasteiger partial charge in [-0.05, 0) is 13.8 Å². The highest BCUT2D eigenvalue weighted by molar-refractivity contribution is 6.35. The van der Waals surface area contributed by atoms with E-state index in [1.807, 2.05) is 0 Å². The topological polar surface area (TPSA) is 66.9 Å². The number of ether oxygens (including phenoxy) is 1. The smallest absolute Gasteiger partial charge is 0.362 e. The zero-order valence-electron chi connectivity index (χ0n) is 9.81. The summed E-state index contributed by atoms with van der Waals surface area (Å²) in [5.74, 6) is -2.93. The van der Waals surface area contributed by atoms with Crippen LogP contribution in [0.25, 0.3) is 0 Å². The molecule has 1 rings (SSSR count). The molecule has 0 aromatic rings. The van der Waals surface area contributed by atoms with Crippen molar-refractivity contribution in [2.24, 2.45) is 0 Å². The summed E-state index contributed by atoms with van der Waals surface area (Å²) in [5.41, 5.74) is 0. The van der Waals surface area contributed by atoms with Gasteiger partial charge in [0.05, 0.1) is 6.61 Å². The van der Waals surface area contributed by atoms with Crippen LogP contribution in [0.2, 0.25) is 0 Å². The van der Waals surface area contributed by atoms with Gasteiger partial charge in [0.15, 0.2) is 0 Å². The van der Waals surface area contributed by atoms with E-state index in [1.165, 1.54) is 11.8 Å². The third kappa shape index (κ3) is 2.72. The van der Waals surface area contributed by atoms with Crippen LogP contribution in [-0.4, -0.2) is 60.1 Å². The molecule has 1 fully saturated rings. The van der Waals surface area contributed by atoms with Crippen molar-refractivity contribution >= 4 is 17.8 Å². The van der Waals surface area contributed by atoms with Crippen molar-refractivity contribution in [3.63, 3.8) is 0 Å². The van der Waals surface area contributed by atoms with Crippen molar-refractivity contribution in [3.8, 4) is 0 Å². The highest BCUT2D eigenvalue weighted by Crippen LogP contribution is 2.11. The van der Waals surface area contributed by atoms with E-state index < -0.39 is 24.1 Å². The highest BCUT2D eigenvalue weighted by Gasteiger charge is 2.39. The summed E-state index contributed by atoms with van der Waals surface area (Å²) in [6.45, 7) is 3.89. The van der Waals surface area contributed by atoms with Gasteiger partial charge < -0.3 is 9.64 Å². The van der Waals surface area contributed by atoms with E-state index in [-0.39, 0.29) is 19.7 Å². The van der Waals surface area contributed by atoms with Crippen LogP contribution in [0.5, 0.6) is 0 Å². The molecule has 0 aliphatic carbocycles. The monoisotopic (exact) mass is 246 g/mol. The van der Waals surface area contributed by atoms with Gasteiger partial charge in [-0.1, -0.05) is 0 Å². The van der Waals surface area contributed by atoms with Crippen LogP contribution in [0, 0.1) is 0 Å². The van der Waals surface area contributed by atoms with Gasteiger partial charge >= 0.3 is 17.8 Å². The van der Waals surface area contributed by atoms with Crippen LogP contribution < -0.4 is 0 Å². The van der Waals surface area contributed by atoms with Gasteiger partial charge in [0.2, 0.25) is 0 Å². The van der Waals surface area contributed by atoms with Crippen LogP contribution in [-0.2, 0) is 19.1 Å². The molecule has 0 radical (unpaired) electrons. The van der Waals surface area contributed by atoms with Crippen LogP contribution in [0.3, 0.4) is 0 Å². The molecule has 1 atom stereocenters. The third-order valence-electron chi connectivity index (χ3n) is 2.48. The molecule has 17 heavy (non-hydrogen) atoms. The molecule has 0 N–H and O–H groups in total. The molecule has 1 saturated heterocycles. The largest absolute Gasteiger partial charge is 0.462 e. The van der Waals surface area contributed by atoms with Crippen LogP contribution in [0.4, 0.5) is 4.39 Å². The summed E-state index contributed by atoms with van der Waals surface area (Å²) in [6.07, 6.45) is -2.20. The Hall–Kier alpha value is -1.66. The molecule has 1 aliphatic rings. The third-order valence-corrected chi connectivity index (χ3v) is 2.48. The number of carbonyl (C=O) groups is 3. The lowest BCUT2D eigenvalue weighted by molar-refractivity contribution is -0.170. The van der Waals surface area contributed by atoms with Gasteiger partial charge in [-0.25, -0.2) is 9.18 Å². The number of hydrogen-bond donors (Lipinski definition) is 0. The van der Waals surface area contributed by atoms with Gasteiger partial charge in [0.1, 0.15) is 0 Å². The number of amides is 2. The van der Waals surface area contributed by atoms with Crippen molar-refractivity contribution < 1.29 is 23.5 Å². The van der Waals surface area contributed by atoms with E-state index in [9.17, 15) is 18.8 Å². The number of halogens is 1. The van der Waals surface area contributed by atoms with Crippen LogP contribution in [0.15, 0.2) is 0 Å². The molecule has 0 bridgehead atoms. The van der Waals surface area contributed by atoms with Gasteiger partial charge in [0, 0.05) is 19.6 Å². The number of piperazine rings is 1. The van der Waals surface area contributed by atoms with Crippen molar-refractivity contribution in [1.82, 2.24) is 9.80 Å². The molecule has 7 heteroatoms. The molecule has 0 aromatic carbocycles. The van der Waals surface area contributed by atoms with E-state index in [1.54, 1.807) is 6.92 Å². The molecule has 1 heterocycles. The minimum absolute atomic E-state index is 0.00159. The zero-order chi connectivity index (χ0) is 13.0. The predicted octanol–water partition coefficient (Wildman–Crippen LogP) is -0.464. The molecule has 1 unspecified atom stereocenters. The standard InChI is InChI=1S/C10H15FN2O4/c1-3-12-5-6-13(9(15)8(12)14)7(11)10(16)17-4-2/h7H,3-6H2,1-2H3. The summed E-state index contributed by atoms with van der Waals surface area (Å²) in [5, 5.41) is 0. The van der Waals surface area contributed by atoms with Crippen molar-refractivity contribution in [2.75, 3.05) is 26.2 Å². The highest BCUT2D eigenvalue weighted by atomic mass is 19.1. The summed E-state index contributed by atoms with van der Waals surface area (Å²) < 4.78 is 18.0. The summed E-state index contributed by atoms with van der Waals surface area (Å²) in [4.78, 5) is 36.0. The Balaban J connectivity index is 2.70. The minimum atomic E-state index is -2.20. The molecule has 1 aliphatic heterocycles. The van der Waals surface area contributed by atoms with E-state index in [4.69, 9.17) is 0 Å². The molecular weight excluding hydrogens is 231 g/mol. The Kier molecular flexibility index (Phi) is 4.42. The quantitative estimate of drug-likeness (QED) is 0.382. The lowest BCUT2D eigenvalue weighted by atomic mass is 10.3. The number of hydrogen-bond acceptors (Lipinski definition) is 4. The molecule has 0 saturated carbocycles. The minimum Gasteiger partial charge on any atom is -0.462 e. The van der Waals surface area contributed by atoms with Crippen molar-refractivity contribution in [2.45, 2.75) is 20.1 Å². The number of nitrogens with zero attached hydrogens (tertiary/aromatic N) is 2. The summed E-state index contributed by atoms with van der Waals surface area (Å²) in [7, 11) is 0. The first-order chi connectivity index (χ1) is 8.02. The second-order valence-corrected chi connectivity index (χ2v) is 3.47. The Morgan fingerprint density at radius 3 is 2.53 bits per heavy atom. The van der Waals surface area contributed by atoms with Gasteiger partial charge in [0.25, 0.3) is 6.30 Å². The van der Waals surface area contributed by atoms with Crippen LogP contribution in [0.1, 0.15) is 13.8 Å². The Labute approximate surface area is 98.3 Å². The lowest BCUT2D eigenvalue weighted by Crippen LogP contribution is -2.58. The first kappa shape index (κ1) is 13.4. The molecule has 0 spiro atoms. The predicted molar refractivity (Wildman–Crippen MR) is 55.5 cm³/mol. The van der Waals surface area contributed by atoms with E-state index in [2.05, 4.69) is 4.74 Å². The van der Waals surface area contributed by atoms with Crippen LogP contribution >= 0.6 is 0 Å². The summed E-state index contributed by atoms with van der Waals surface area (Å²) >= 11 is 0. The van der Waals surface area contributed by atoms with Crippen molar-refractivity contribution in [3.05, 3.63) is 0 Å². The second kappa shape index (κ2) is 5.60. The Morgan fingerprint density at radius 2 is 2.00 bits per heavy atom. The number of rotatable bonds is 4. The average Bonchev–Trinajstić information content (AvgIpc) is 2.32. The fraction of sp³-hybridized carbons (Fsp3) is 0.700. The maximum Gasteiger partial charge on any atom is 0.362 e. The van der Waals surface area contributed by atoms with Crippen molar-refractivity contribution in [1.29, 1.82) is 0 Å². The number of carbonyl (C=O) groups excluding carboxylic acids is 3. The Morgan fingerprint density at radius 1 is 1.35 bits per heavy atom. The zero-order valence-corrected chi connectivity index (χ0v) is 9.81. The van der Waals surface area contributed by atoms with Gasteiger partial charge in [-0.15, -0.1) is 0 Å². The first-order valence-electron chi connectivity index (χ1n) is 5.43. The molecule has 0 aromatic heterocycles. The fourth-order valence-corrected chi connectivity index (χ4v) is 1.55. The number of likely N-dealkylation sites (N-methyl/N-ethyl adjacent to an activating group) is 1. The second-order valence-electron chi connectivity index (χ2n) is 3.47. The van der Waals surface area contributed by atoms with E-state index in [0.717, 1.165) is 0 Å². The van der Waals surface area contributed by atoms with Gasteiger partial charge in [-0.3, -0.25) is 14.5 Å². The molecule has 96 valence electrons. The normalized spacial score (nSPS) is 18.3. The Bertz CT molecular complexity index is 334. The summed E-state index contributed by atoms with van der Waals surface area (Å²) in [6, 6.07) is 0. The van der Waals surface area contributed by atoms with E-state index >= 15 is 0 Å². The maximum atomic E-state index is 13.6. The number of alkyl halides is 1. The average molecular weight is 246 g/mol. The fourth-order valence-electron chi connectivity index (χ4n) is 1.55. The SMILES string of the molecule is CCOC(=O)C(F)N1CCN(CC)C(=O)C1=O. The van der Waals surface area contributed by atoms with E-state index in [0.29, 0.717) is 11.4 Å². The lowest BCUT2D eigenvalue weighted by Gasteiger charge is -2.33. The van der Waals surface area contributed by atoms with Gasteiger partial charge in [-0.2, -0.15) is 0 Å². The first-order valence-corrected chi connectivity index (χ1v) is 5.43. The molecule has 6 nitrogen and oxygen atoms in total. The number of esters is 1.